The van der Waals surface area contributed by atoms with E-state index in [1.54, 1.807) is 18.2 Å². The number of halogens is 4. The molecule has 13 heteroatoms. The minimum absolute atomic E-state index is 0.0274. The number of carbonyl (C=O) groups excluding carboxylic acids is 3. The molecule has 0 bridgehead atoms. The van der Waals surface area contributed by atoms with Gasteiger partial charge in [0.2, 0.25) is 17.8 Å². The average molecular weight is 588 g/mol. The molecular weight excluding hydrogens is 563 g/mol. The molecule has 1 saturated heterocycles. The second-order valence-corrected chi connectivity index (χ2v) is 10.2. The summed E-state index contributed by atoms with van der Waals surface area (Å²) in [7, 11) is 0. The monoisotopic (exact) mass is 587 g/mol. The summed E-state index contributed by atoms with van der Waals surface area (Å²) < 4.78 is 47.0. The van der Waals surface area contributed by atoms with Gasteiger partial charge in [-0.25, -0.2) is 23.1 Å². The van der Waals surface area contributed by atoms with Gasteiger partial charge in [0.15, 0.2) is 0 Å². The normalized spacial score (nSPS) is 19.3. The van der Waals surface area contributed by atoms with Crippen LogP contribution in [0.5, 0.6) is 0 Å². The third-order valence-electron chi connectivity index (χ3n) is 6.85. The standard InChI is InChI=1S/C28H25ClF3N5O4/c29-22-8-2-1-7-21(22)25(26(40)35-18-13-28(31,32)14-18)36(19-6-3-5-17(30)11-19)23(38)12-20-15-41-16-24(39)37(20)27-33-9-4-10-34-27/h1-11,18,20,25H,12-16H2,(H,35,40)/t20-,25-/m0/s1. The first-order chi connectivity index (χ1) is 19.6. The number of amides is 3. The lowest BCUT2D eigenvalue weighted by Gasteiger charge is -2.39. The van der Waals surface area contributed by atoms with Crippen molar-refractivity contribution in [2.75, 3.05) is 23.0 Å². The van der Waals surface area contributed by atoms with Crippen LogP contribution in [0.4, 0.5) is 24.8 Å². The minimum atomic E-state index is -2.90. The zero-order chi connectivity index (χ0) is 29.1. The summed E-state index contributed by atoms with van der Waals surface area (Å²) in [4.78, 5) is 51.2. The van der Waals surface area contributed by atoms with Crippen molar-refractivity contribution in [2.24, 2.45) is 0 Å². The molecule has 5 rings (SSSR count). The quantitative estimate of drug-likeness (QED) is 0.426. The molecule has 0 radical (unpaired) electrons. The Labute approximate surface area is 238 Å². The van der Waals surface area contributed by atoms with Gasteiger partial charge < -0.3 is 10.1 Å². The van der Waals surface area contributed by atoms with Crippen molar-refractivity contribution >= 4 is 41.0 Å². The molecule has 2 aromatic carbocycles. The van der Waals surface area contributed by atoms with Gasteiger partial charge in [-0.2, -0.15) is 0 Å². The summed E-state index contributed by atoms with van der Waals surface area (Å²) in [6.45, 7) is -0.278. The Morgan fingerprint density at radius 3 is 2.54 bits per heavy atom. The summed E-state index contributed by atoms with van der Waals surface area (Å²) in [5.74, 6) is -5.42. The van der Waals surface area contributed by atoms with Gasteiger partial charge in [-0.15, -0.1) is 0 Å². The number of aromatic nitrogens is 2. The van der Waals surface area contributed by atoms with E-state index in [0.717, 1.165) is 11.0 Å². The van der Waals surface area contributed by atoms with E-state index in [9.17, 15) is 27.6 Å². The van der Waals surface area contributed by atoms with E-state index >= 15 is 0 Å². The fourth-order valence-electron chi connectivity index (χ4n) is 4.97. The molecule has 1 aromatic heterocycles. The van der Waals surface area contributed by atoms with Crippen LogP contribution >= 0.6 is 11.6 Å². The number of ether oxygens (including phenoxy) is 1. The van der Waals surface area contributed by atoms with Gasteiger partial charge in [0.05, 0.1) is 19.1 Å². The maximum absolute atomic E-state index is 14.5. The van der Waals surface area contributed by atoms with Crippen LogP contribution in [0.3, 0.4) is 0 Å². The van der Waals surface area contributed by atoms with Gasteiger partial charge in [-0.3, -0.25) is 24.2 Å². The van der Waals surface area contributed by atoms with Crippen LogP contribution in [0.25, 0.3) is 0 Å². The maximum atomic E-state index is 14.5. The van der Waals surface area contributed by atoms with E-state index in [-0.39, 0.29) is 41.9 Å². The highest BCUT2D eigenvalue weighted by Gasteiger charge is 2.47. The second-order valence-electron chi connectivity index (χ2n) is 9.82. The van der Waals surface area contributed by atoms with E-state index < -0.39 is 60.4 Å². The number of hydrogen-bond acceptors (Lipinski definition) is 6. The molecule has 1 aliphatic heterocycles. The van der Waals surface area contributed by atoms with Crippen LogP contribution in [0.2, 0.25) is 5.02 Å². The van der Waals surface area contributed by atoms with Gasteiger partial charge in [-0.05, 0) is 30.3 Å². The molecule has 2 heterocycles. The summed E-state index contributed by atoms with van der Waals surface area (Å²) >= 11 is 6.47. The Morgan fingerprint density at radius 1 is 1.12 bits per heavy atom. The molecule has 0 spiro atoms. The molecule has 1 N–H and O–H groups in total. The number of morpholine rings is 1. The molecule has 3 amide bonds. The molecule has 41 heavy (non-hydrogen) atoms. The fraction of sp³-hybridized carbons (Fsp3) is 0.321. The smallest absolute Gasteiger partial charge is 0.255 e. The van der Waals surface area contributed by atoms with Gasteiger partial charge in [0, 0.05) is 47.6 Å². The predicted molar refractivity (Wildman–Crippen MR) is 143 cm³/mol. The van der Waals surface area contributed by atoms with Crippen LogP contribution in [-0.2, 0) is 19.1 Å². The molecule has 2 fully saturated rings. The van der Waals surface area contributed by atoms with Crippen molar-refractivity contribution in [3.8, 4) is 0 Å². The Morgan fingerprint density at radius 2 is 1.85 bits per heavy atom. The lowest BCUT2D eigenvalue weighted by Crippen LogP contribution is -2.55. The lowest BCUT2D eigenvalue weighted by atomic mass is 9.87. The third kappa shape index (κ3) is 6.33. The van der Waals surface area contributed by atoms with Crippen LogP contribution in [0.1, 0.15) is 30.9 Å². The van der Waals surface area contributed by atoms with E-state index in [4.69, 9.17) is 16.3 Å². The van der Waals surface area contributed by atoms with Crippen molar-refractivity contribution in [2.45, 2.75) is 43.3 Å². The molecule has 1 saturated carbocycles. The number of rotatable bonds is 8. The summed E-state index contributed by atoms with van der Waals surface area (Å²) in [6, 6.07) is 9.79. The largest absolute Gasteiger partial charge is 0.369 e. The molecule has 2 aliphatic rings. The van der Waals surface area contributed by atoms with Gasteiger partial charge in [0.1, 0.15) is 18.5 Å². The molecule has 3 aromatic rings. The number of alkyl halides is 2. The van der Waals surface area contributed by atoms with E-state index in [1.807, 2.05) is 0 Å². The Bertz CT molecular complexity index is 1440. The van der Waals surface area contributed by atoms with Gasteiger partial charge in [0.25, 0.3) is 11.8 Å². The number of carbonyl (C=O) groups is 3. The second kappa shape index (κ2) is 11.8. The highest BCUT2D eigenvalue weighted by molar-refractivity contribution is 6.31. The Kier molecular flexibility index (Phi) is 8.22. The maximum Gasteiger partial charge on any atom is 0.255 e. The van der Waals surface area contributed by atoms with E-state index in [2.05, 4.69) is 15.3 Å². The first kappa shape index (κ1) is 28.5. The lowest BCUT2D eigenvalue weighted by molar-refractivity contribution is -0.133. The molecular formula is C28H25ClF3N5O4. The SMILES string of the molecule is O=C(NC1CC(F)(F)C1)[C@H](c1ccccc1Cl)N(C(=O)C[C@H]1COCC(=O)N1c1ncccn1)c1cccc(F)c1. The van der Waals surface area contributed by atoms with Crippen molar-refractivity contribution in [3.63, 3.8) is 0 Å². The van der Waals surface area contributed by atoms with Crippen LogP contribution in [0.15, 0.2) is 67.0 Å². The third-order valence-corrected chi connectivity index (χ3v) is 7.19. The number of nitrogens with zero attached hydrogens (tertiary/aromatic N) is 4. The molecule has 214 valence electrons. The topological polar surface area (TPSA) is 105 Å². The highest BCUT2D eigenvalue weighted by atomic mass is 35.5. The van der Waals surface area contributed by atoms with Crippen molar-refractivity contribution in [3.05, 3.63) is 83.4 Å². The zero-order valence-corrected chi connectivity index (χ0v) is 22.3. The number of hydrogen-bond donors (Lipinski definition) is 1. The Hall–Kier alpha value is -4.03. The highest BCUT2D eigenvalue weighted by Crippen LogP contribution is 2.39. The summed E-state index contributed by atoms with van der Waals surface area (Å²) in [5, 5.41) is 2.72. The minimum Gasteiger partial charge on any atom is -0.369 e. The number of nitrogens with one attached hydrogen (secondary N) is 1. The van der Waals surface area contributed by atoms with Gasteiger partial charge in [-0.1, -0.05) is 35.9 Å². The molecule has 2 atom stereocenters. The van der Waals surface area contributed by atoms with Crippen molar-refractivity contribution in [1.29, 1.82) is 0 Å². The summed E-state index contributed by atoms with van der Waals surface area (Å²) in [5.41, 5.74) is 0.231. The number of anilines is 2. The first-order valence-corrected chi connectivity index (χ1v) is 13.2. The average Bonchev–Trinajstić information content (AvgIpc) is 2.91. The molecule has 9 nitrogen and oxygen atoms in total. The van der Waals surface area contributed by atoms with Crippen LogP contribution in [-0.4, -0.2) is 58.9 Å². The molecule has 1 aliphatic carbocycles. The van der Waals surface area contributed by atoms with Crippen LogP contribution < -0.4 is 15.1 Å². The van der Waals surface area contributed by atoms with Gasteiger partial charge >= 0.3 is 0 Å². The number of benzene rings is 2. The Balaban J connectivity index is 1.53. The summed E-state index contributed by atoms with van der Waals surface area (Å²) in [6.07, 6.45) is 1.44. The first-order valence-electron chi connectivity index (χ1n) is 12.8. The van der Waals surface area contributed by atoms with Crippen molar-refractivity contribution < 1.29 is 32.3 Å². The zero-order valence-electron chi connectivity index (χ0n) is 21.6. The molecule has 0 unspecified atom stereocenters. The van der Waals surface area contributed by atoms with E-state index in [0.29, 0.717) is 0 Å². The fourth-order valence-corrected chi connectivity index (χ4v) is 5.21. The van der Waals surface area contributed by atoms with Crippen LogP contribution in [0, 0.1) is 5.82 Å². The predicted octanol–water partition coefficient (Wildman–Crippen LogP) is 4.08. The van der Waals surface area contributed by atoms with Crippen molar-refractivity contribution in [1.82, 2.24) is 15.3 Å². The van der Waals surface area contributed by atoms with E-state index in [1.165, 1.54) is 47.6 Å².